The van der Waals surface area contributed by atoms with Crippen molar-refractivity contribution in [1.82, 2.24) is 10.3 Å². The van der Waals surface area contributed by atoms with Crippen molar-refractivity contribution in [1.29, 1.82) is 0 Å². The number of pyridine rings is 1. The van der Waals surface area contributed by atoms with Gasteiger partial charge in [-0.1, -0.05) is 60.7 Å². The van der Waals surface area contributed by atoms with Gasteiger partial charge < -0.3 is 15.5 Å². The highest BCUT2D eigenvalue weighted by molar-refractivity contribution is 6.21. The second kappa shape index (κ2) is 10.9. The maximum atomic E-state index is 13.9. The standard InChI is InChI=1S/C30H25N5O3/c1-20-9-7-13-23(17-20)32-30(38)34-28-29(37)35(19-26(36)22-12-8-16-31-18-22)25-15-6-5-14-24(25)27(33-28)21-10-3-2-4-11-21/h2-18,28H,19H2,1H3,(H2,32,34,38). The molecule has 2 heterocycles. The summed E-state index contributed by atoms with van der Waals surface area (Å²) in [7, 11) is 0. The van der Waals surface area contributed by atoms with E-state index >= 15 is 0 Å². The van der Waals surface area contributed by atoms with E-state index < -0.39 is 18.1 Å². The van der Waals surface area contributed by atoms with E-state index in [1.54, 1.807) is 36.5 Å². The number of para-hydroxylation sites is 1. The third kappa shape index (κ3) is 5.34. The Morgan fingerprint density at radius 1 is 0.921 bits per heavy atom. The third-order valence-corrected chi connectivity index (χ3v) is 6.08. The van der Waals surface area contributed by atoms with Crippen LogP contribution < -0.4 is 15.5 Å². The third-order valence-electron chi connectivity index (χ3n) is 6.08. The van der Waals surface area contributed by atoms with Crippen molar-refractivity contribution in [2.75, 3.05) is 16.8 Å². The van der Waals surface area contributed by atoms with Gasteiger partial charge in [0.25, 0.3) is 5.91 Å². The number of fused-ring (bicyclic) bond motifs is 1. The van der Waals surface area contributed by atoms with Crippen LogP contribution in [0.5, 0.6) is 0 Å². The van der Waals surface area contributed by atoms with E-state index in [4.69, 9.17) is 4.99 Å². The van der Waals surface area contributed by atoms with Gasteiger partial charge in [-0.15, -0.1) is 0 Å². The lowest BCUT2D eigenvalue weighted by atomic mass is 10.00. The van der Waals surface area contributed by atoms with Crippen LogP contribution in [-0.4, -0.2) is 41.1 Å². The van der Waals surface area contributed by atoms with Crippen molar-refractivity contribution in [2.24, 2.45) is 4.99 Å². The van der Waals surface area contributed by atoms with Crippen molar-refractivity contribution in [3.05, 3.63) is 126 Å². The topological polar surface area (TPSA) is 104 Å². The van der Waals surface area contributed by atoms with Crippen molar-refractivity contribution in [2.45, 2.75) is 13.1 Å². The molecule has 1 unspecified atom stereocenters. The lowest BCUT2D eigenvalue weighted by Gasteiger charge is -2.25. The number of anilines is 2. The summed E-state index contributed by atoms with van der Waals surface area (Å²) in [6.45, 7) is 1.68. The molecule has 8 nitrogen and oxygen atoms in total. The summed E-state index contributed by atoms with van der Waals surface area (Å²) in [6.07, 6.45) is 1.77. The van der Waals surface area contributed by atoms with Crippen LogP contribution >= 0.6 is 0 Å². The Kier molecular flexibility index (Phi) is 7.04. The minimum atomic E-state index is -1.27. The Morgan fingerprint density at radius 3 is 2.47 bits per heavy atom. The van der Waals surface area contributed by atoms with Crippen LogP contribution in [0, 0.1) is 6.92 Å². The van der Waals surface area contributed by atoms with Crippen LogP contribution in [0.2, 0.25) is 0 Å². The van der Waals surface area contributed by atoms with E-state index in [9.17, 15) is 14.4 Å². The monoisotopic (exact) mass is 503 g/mol. The predicted molar refractivity (Wildman–Crippen MR) is 147 cm³/mol. The second-order valence-corrected chi connectivity index (χ2v) is 8.82. The fourth-order valence-corrected chi connectivity index (χ4v) is 4.29. The number of hydrogen-bond donors (Lipinski definition) is 2. The first-order valence-corrected chi connectivity index (χ1v) is 12.1. The molecule has 0 spiro atoms. The smallest absolute Gasteiger partial charge is 0.308 e. The van der Waals surface area contributed by atoms with Gasteiger partial charge in [-0.3, -0.25) is 14.6 Å². The summed E-state index contributed by atoms with van der Waals surface area (Å²) in [6, 6.07) is 26.8. The number of Topliss-reactive ketones (excluding diaryl/α,β-unsaturated/α-hetero) is 1. The van der Waals surface area contributed by atoms with E-state index in [2.05, 4.69) is 15.6 Å². The van der Waals surface area contributed by atoms with E-state index in [-0.39, 0.29) is 12.3 Å². The van der Waals surface area contributed by atoms with Crippen LogP contribution in [0.4, 0.5) is 16.2 Å². The number of carbonyl (C=O) groups is 3. The number of aliphatic imine (C=N–C) groups is 1. The first-order valence-electron chi connectivity index (χ1n) is 12.1. The van der Waals surface area contributed by atoms with Crippen LogP contribution in [0.1, 0.15) is 27.0 Å². The molecule has 1 aromatic heterocycles. The number of nitrogens with zero attached hydrogens (tertiary/aromatic N) is 3. The Balaban J connectivity index is 1.53. The second-order valence-electron chi connectivity index (χ2n) is 8.82. The number of rotatable bonds is 6. The molecule has 0 saturated carbocycles. The number of ketones is 1. The minimum absolute atomic E-state index is 0.239. The Labute approximate surface area is 220 Å². The number of carbonyl (C=O) groups excluding carboxylic acids is 3. The number of benzodiazepines with no additional fused rings is 1. The lowest BCUT2D eigenvalue weighted by Crippen LogP contribution is -2.49. The molecule has 1 atom stereocenters. The van der Waals surface area contributed by atoms with Gasteiger partial charge in [-0.05, 0) is 42.8 Å². The average Bonchev–Trinajstić information content (AvgIpc) is 3.04. The number of nitrogens with one attached hydrogen (secondary N) is 2. The minimum Gasteiger partial charge on any atom is -0.308 e. The van der Waals surface area contributed by atoms with Gasteiger partial charge >= 0.3 is 6.03 Å². The highest BCUT2D eigenvalue weighted by Crippen LogP contribution is 2.28. The zero-order valence-corrected chi connectivity index (χ0v) is 20.7. The van der Waals surface area contributed by atoms with Gasteiger partial charge in [0.2, 0.25) is 6.17 Å². The summed E-state index contributed by atoms with van der Waals surface area (Å²) in [5, 5.41) is 5.46. The van der Waals surface area contributed by atoms with Crippen molar-refractivity contribution < 1.29 is 14.4 Å². The van der Waals surface area contributed by atoms with Gasteiger partial charge in [0.05, 0.1) is 17.9 Å². The molecular weight excluding hydrogens is 478 g/mol. The number of aromatic nitrogens is 1. The van der Waals surface area contributed by atoms with E-state index in [1.807, 2.05) is 67.6 Å². The molecule has 0 aliphatic carbocycles. The fourth-order valence-electron chi connectivity index (χ4n) is 4.29. The summed E-state index contributed by atoms with van der Waals surface area (Å²) in [5.74, 6) is -0.813. The molecule has 0 radical (unpaired) electrons. The number of amides is 3. The number of benzene rings is 3. The van der Waals surface area contributed by atoms with Gasteiger partial charge in [0.15, 0.2) is 5.78 Å². The molecule has 0 bridgehead atoms. The van der Waals surface area contributed by atoms with Crippen LogP contribution in [0.15, 0.2) is 108 Å². The molecule has 188 valence electrons. The Bertz CT molecular complexity index is 1520. The van der Waals surface area contributed by atoms with E-state index in [0.29, 0.717) is 28.2 Å². The average molecular weight is 504 g/mol. The quantitative estimate of drug-likeness (QED) is 0.375. The maximum absolute atomic E-state index is 13.9. The van der Waals surface area contributed by atoms with Crippen LogP contribution in [0.3, 0.4) is 0 Å². The molecule has 5 rings (SSSR count). The van der Waals surface area contributed by atoms with E-state index in [1.165, 1.54) is 11.1 Å². The summed E-state index contributed by atoms with van der Waals surface area (Å²) >= 11 is 0. The molecule has 2 N–H and O–H groups in total. The van der Waals surface area contributed by atoms with Crippen LogP contribution in [-0.2, 0) is 4.79 Å². The zero-order chi connectivity index (χ0) is 26.5. The normalized spacial score (nSPS) is 14.7. The van der Waals surface area contributed by atoms with Crippen LogP contribution in [0.25, 0.3) is 0 Å². The maximum Gasteiger partial charge on any atom is 0.321 e. The van der Waals surface area contributed by atoms with Crippen molar-refractivity contribution in [3.8, 4) is 0 Å². The first kappa shape index (κ1) is 24.6. The fraction of sp³-hybridized carbons (Fsp3) is 0.100. The van der Waals surface area contributed by atoms with Gasteiger partial charge in [0.1, 0.15) is 0 Å². The summed E-state index contributed by atoms with van der Waals surface area (Å²) in [4.78, 5) is 50.2. The first-order chi connectivity index (χ1) is 18.5. The molecule has 38 heavy (non-hydrogen) atoms. The SMILES string of the molecule is Cc1cccc(NC(=O)NC2N=C(c3ccccc3)c3ccccc3N(CC(=O)c3cccnc3)C2=O)c1. The number of urea groups is 1. The largest absolute Gasteiger partial charge is 0.321 e. The molecule has 0 saturated heterocycles. The molecule has 1 aliphatic rings. The predicted octanol–water partition coefficient (Wildman–Crippen LogP) is 4.60. The zero-order valence-electron chi connectivity index (χ0n) is 20.7. The van der Waals surface area contributed by atoms with Gasteiger partial charge in [-0.2, -0.15) is 0 Å². The lowest BCUT2D eigenvalue weighted by molar-refractivity contribution is -0.120. The Hall–Kier alpha value is -5.11. The number of hydrogen-bond acceptors (Lipinski definition) is 5. The van der Waals surface area contributed by atoms with Gasteiger partial charge in [-0.25, -0.2) is 9.79 Å². The van der Waals surface area contributed by atoms with Crippen molar-refractivity contribution in [3.63, 3.8) is 0 Å². The summed E-state index contributed by atoms with van der Waals surface area (Å²) < 4.78 is 0. The van der Waals surface area contributed by atoms with Gasteiger partial charge in [0, 0.05) is 34.8 Å². The Morgan fingerprint density at radius 2 is 1.71 bits per heavy atom. The molecule has 0 fully saturated rings. The number of aryl methyl sites for hydroxylation is 1. The molecule has 1 aliphatic heterocycles. The highest BCUT2D eigenvalue weighted by Gasteiger charge is 2.34. The van der Waals surface area contributed by atoms with E-state index in [0.717, 1.165) is 11.1 Å². The summed E-state index contributed by atoms with van der Waals surface area (Å²) in [5.41, 5.74) is 4.46. The highest BCUT2D eigenvalue weighted by atomic mass is 16.2. The molecular formula is C30H25N5O3. The molecule has 3 amide bonds. The molecule has 3 aromatic carbocycles. The molecule has 8 heteroatoms. The molecule has 4 aromatic rings. The van der Waals surface area contributed by atoms with Crippen molar-refractivity contribution >= 4 is 34.8 Å².